The molecular formula is C29H32ClNO6S. The summed E-state index contributed by atoms with van der Waals surface area (Å²) in [4.78, 5) is 35.2. The summed E-state index contributed by atoms with van der Waals surface area (Å²) in [6.45, 7) is 7.10. The van der Waals surface area contributed by atoms with E-state index in [2.05, 4.69) is 10.2 Å². The largest absolute Gasteiger partial charge is 0.459 e. The van der Waals surface area contributed by atoms with E-state index in [9.17, 15) is 14.7 Å². The fourth-order valence-electron chi connectivity index (χ4n) is 3.47. The van der Waals surface area contributed by atoms with Gasteiger partial charge in [-0.1, -0.05) is 47.6 Å². The lowest BCUT2D eigenvalue weighted by atomic mass is 10.0. The van der Waals surface area contributed by atoms with Crippen molar-refractivity contribution < 1.29 is 29.2 Å². The summed E-state index contributed by atoms with van der Waals surface area (Å²) in [6.07, 6.45) is -0.470. The molecule has 202 valence electrons. The van der Waals surface area contributed by atoms with Crippen LogP contribution in [0.2, 0.25) is 5.02 Å². The number of esters is 1. The number of hydrogen-bond acceptors (Lipinski definition) is 8. The van der Waals surface area contributed by atoms with E-state index in [0.717, 1.165) is 15.4 Å². The molecule has 0 bridgehead atoms. The average molecular weight is 558 g/mol. The van der Waals surface area contributed by atoms with Crippen molar-refractivity contribution in [2.75, 3.05) is 6.54 Å². The van der Waals surface area contributed by atoms with Gasteiger partial charge in [-0.2, -0.15) is 0 Å². The van der Waals surface area contributed by atoms with Crippen LogP contribution in [-0.4, -0.2) is 35.2 Å². The van der Waals surface area contributed by atoms with Crippen LogP contribution in [0.15, 0.2) is 82.6 Å². The minimum atomic E-state index is -1.12. The van der Waals surface area contributed by atoms with Gasteiger partial charge < -0.3 is 15.2 Å². The van der Waals surface area contributed by atoms with Gasteiger partial charge in [0.05, 0.1) is 0 Å². The number of aliphatic hydroxyl groups is 1. The molecule has 1 unspecified atom stereocenters. The Morgan fingerprint density at radius 2 is 1.63 bits per heavy atom. The molecule has 38 heavy (non-hydrogen) atoms. The van der Waals surface area contributed by atoms with Crippen molar-refractivity contribution in [2.24, 2.45) is 0 Å². The fraction of sp³-hybridized carbons (Fsp3) is 0.310. The van der Waals surface area contributed by atoms with E-state index in [1.165, 1.54) is 6.92 Å². The zero-order valence-corrected chi connectivity index (χ0v) is 23.3. The zero-order chi connectivity index (χ0) is 27.7. The third kappa shape index (κ3) is 9.68. The third-order valence-corrected chi connectivity index (χ3v) is 6.43. The number of hydrogen-bond donors (Lipinski definition) is 2. The summed E-state index contributed by atoms with van der Waals surface area (Å²) in [7, 11) is 0. The van der Waals surface area contributed by atoms with Crippen LogP contribution in [0.4, 0.5) is 0 Å². The molecule has 0 aliphatic heterocycles. The van der Waals surface area contributed by atoms with Gasteiger partial charge in [0.15, 0.2) is 5.75 Å². The molecule has 0 amide bonds. The molecule has 0 aromatic heterocycles. The van der Waals surface area contributed by atoms with Crippen LogP contribution in [0.3, 0.4) is 0 Å². The predicted molar refractivity (Wildman–Crippen MR) is 147 cm³/mol. The van der Waals surface area contributed by atoms with Crippen LogP contribution in [0.1, 0.15) is 44.9 Å². The van der Waals surface area contributed by atoms with Crippen LogP contribution < -0.4 is 10.2 Å². The average Bonchev–Trinajstić information content (AvgIpc) is 2.85. The molecule has 9 heteroatoms. The molecule has 0 aliphatic rings. The van der Waals surface area contributed by atoms with Gasteiger partial charge in [0.2, 0.25) is 0 Å². The normalized spacial score (nSPS) is 12.9. The van der Waals surface area contributed by atoms with Crippen molar-refractivity contribution >= 4 is 35.3 Å². The van der Waals surface area contributed by atoms with Crippen LogP contribution >= 0.6 is 23.4 Å². The summed E-state index contributed by atoms with van der Waals surface area (Å²) in [5.41, 5.74) is 0.925. The lowest BCUT2D eigenvalue weighted by Crippen LogP contribution is -2.46. The molecule has 0 spiro atoms. The smallest absolute Gasteiger partial charge is 0.352 e. The Morgan fingerprint density at radius 3 is 2.21 bits per heavy atom. The summed E-state index contributed by atoms with van der Waals surface area (Å²) < 4.78 is 5.55. The molecule has 7 nitrogen and oxygen atoms in total. The van der Waals surface area contributed by atoms with Crippen molar-refractivity contribution in [3.8, 4) is 5.75 Å². The van der Waals surface area contributed by atoms with Gasteiger partial charge in [0, 0.05) is 28.3 Å². The summed E-state index contributed by atoms with van der Waals surface area (Å²) in [5.74, 6) is -0.602. The SMILES string of the molecule is CC(=O)OOc1ccc(Sc2ccc(CCNC(C(=O)OC(C)(C)C)[C@H](O)c3cccc(Cl)c3)cc2)cc1. The first-order chi connectivity index (χ1) is 18.0. The Hall–Kier alpha value is -3.04. The number of aliphatic hydroxyl groups excluding tert-OH is 1. The topological polar surface area (TPSA) is 94.1 Å². The minimum Gasteiger partial charge on any atom is -0.459 e. The highest BCUT2D eigenvalue weighted by Crippen LogP contribution is 2.29. The standard InChI is InChI=1S/C29H32ClNO6S/c1-19(32)36-37-23-10-14-25(15-11-23)38-24-12-8-20(9-13-24)16-17-31-26(28(34)35-29(2,3)4)27(33)21-6-5-7-22(30)18-21/h5-15,18,26-27,31,33H,16-17H2,1-4H3/t26?,27-/m1/s1. The zero-order valence-electron chi connectivity index (χ0n) is 21.8. The number of rotatable bonds is 11. The van der Waals surface area contributed by atoms with Gasteiger partial charge in [-0.15, -0.1) is 0 Å². The Kier molecular flexibility index (Phi) is 10.6. The monoisotopic (exact) mass is 557 g/mol. The maximum Gasteiger partial charge on any atom is 0.352 e. The highest BCUT2D eigenvalue weighted by molar-refractivity contribution is 7.99. The Balaban J connectivity index is 1.58. The van der Waals surface area contributed by atoms with E-state index in [1.807, 2.05) is 36.4 Å². The number of ether oxygens (including phenoxy) is 1. The molecular weight excluding hydrogens is 526 g/mol. The van der Waals surface area contributed by atoms with Gasteiger partial charge in [-0.3, -0.25) is 14.6 Å². The molecule has 0 saturated carbocycles. The molecule has 0 aliphatic carbocycles. The van der Waals surface area contributed by atoms with E-state index in [4.69, 9.17) is 21.2 Å². The third-order valence-electron chi connectivity index (χ3n) is 5.18. The molecule has 0 fully saturated rings. The van der Waals surface area contributed by atoms with Gasteiger partial charge in [-0.05, 0) is 86.8 Å². The van der Waals surface area contributed by atoms with Crippen LogP contribution in [0.25, 0.3) is 0 Å². The van der Waals surface area contributed by atoms with E-state index in [1.54, 1.807) is 68.9 Å². The molecule has 0 radical (unpaired) electrons. The van der Waals surface area contributed by atoms with Crippen LogP contribution in [0, 0.1) is 0 Å². The Labute approximate surface area is 232 Å². The second-order valence-electron chi connectivity index (χ2n) is 9.59. The van der Waals surface area contributed by atoms with E-state index in [-0.39, 0.29) is 0 Å². The lowest BCUT2D eigenvalue weighted by molar-refractivity contribution is -0.210. The lowest BCUT2D eigenvalue weighted by Gasteiger charge is -2.27. The van der Waals surface area contributed by atoms with Crippen molar-refractivity contribution in [1.82, 2.24) is 5.32 Å². The molecule has 3 aromatic carbocycles. The molecule has 0 heterocycles. The molecule has 3 aromatic rings. The van der Waals surface area contributed by atoms with Crippen molar-refractivity contribution in [3.05, 3.63) is 88.9 Å². The number of carbonyl (C=O) groups excluding carboxylic acids is 2. The summed E-state index contributed by atoms with van der Waals surface area (Å²) >= 11 is 7.67. The molecule has 3 rings (SSSR count). The first-order valence-electron chi connectivity index (χ1n) is 12.1. The predicted octanol–water partition coefficient (Wildman–Crippen LogP) is 5.92. The quantitative estimate of drug-likeness (QED) is 0.170. The number of benzene rings is 3. The number of carbonyl (C=O) groups is 2. The van der Waals surface area contributed by atoms with Crippen LogP contribution in [-0.2, 0) is 25.6 Å². The Bertz CT molecular complexity index is 1210. The summed E-state index contributed by atoms with van der Waals surface area (Å²) in [5, 5.41) is 14.6. The second kappa shape index (κ2) is 13.7. The van der Waals surface area contributed by atoms with Crippen molar-refractivity contribution in [2.45, 2.75) is 61.7 Å². The maximum absolute atomic E-state index is 12.9. The van der Waals surface area contributed by atoms with Gasteiger partial charge in [-0.25, -0.2) is 4.79 Å². The van der Waals surface area contributed by atoms with E-state index < -0.39 is 29.7 Å². The van der Waals surface area contributed by atoms with Gasteiger partial charge in [0.25, 0.3) is 0 Å². The Morgan fingerprint density at radius 1 is 1.00 bits per heavy atom. The van der Waals surface area contributed by atoms with E-state index >= 15 is 0 Å². The highest BCUT2D eigenvalue weighted by Gasteiger charge is 2.32. The molecule has 2 atom stereocenters. The minimum absolute atomic E-state index is 0.442. The van der Waals surface area contributed by atoms with Gasteiger partial charge >= 0.3 is 11.9 Å². The first-order valence-corrected chi connectivity index (χ1v) is 13.3. The fourth-order valence-corrected chi connectivity index (χ4v) is 4.49. The second-order valence-corrected chi connectivity index (χ2v) is 11.2. The van der Waals surface area contributed by atoms with Crippen LogP contribution in [0.5, 0.6) is 5.75 Å². The van der Waals surface area contributed by atoms with E-state index in [0.29, 0.717) is 29.3 Å². The number of halogens is 1. The molecule has 2 N–H and O–H groups in total. The number of nitrogens with one attached hydrogen (secondary N) is 1. The van der Waals surface area contributed by atoms with Crippen molar-refractivity contribution in [1.29, 1.82) is 0 Å². The van der Waals surface area contributed by atoms with Crippen molar-refractivity contribution in [3.63, 3.8) is 0 Å². The maximum atomic E-state index is 12.9. The first kappa shape index (κ1) is 29.5. The highest BCUT2D eigenvalue weighted by atomic mass is 35.5. The summed E-state index contributed by atoms with van der Waals surface area (Å²) in [6, 6.07) is 21.2. The molecule has 0 saturated heterocycles. The van der Waals surface area contributed by atoms with Gasteiger partial charge in [0.1, 0.15) is 17.7 Å².